The summed E-state index contributed by atoms with van der Waals surface area (Å²) >= 11 is 0. The molecule has 1 aliphatic carbocycles. The van der Waals surface area contributed by atoms with Crippen LogP contribution in [0, 0.1) is 0 Å². The average molecular weight is 340 g/mol. The molecule has 132 valence electrons. The molecular weight excluding hydrogens is 316 g/mol. The molecule has 0 aromatic carbocycles. The smallest absolute Gasteiger partial charge is 0.227 e. The van der Waals surface area contributed by atoms with Crippen molar-refractivity contribution in [2.75, 3.05) is 6.54 Å². The minimum atomic E-state index is 0.155. The van der Waals surface area contributed by atoms with Gasteiger partial charge in [-0.25, -0.2) is 0 Å². The normalized spacial score (nSPS) is 21.1. The zero-order chi connectivity index (χ0) is 17.1. The van der Waals surface area contributed by atoms with E-state index in [1.54, 1.807) is 12.4 Å². The second-order valence-corrected chi connectivity index (χ2v) is 7.05. The Kier molecular flexibility index (Phi) is 4.76. The van der Waals surface area contributed by atoms with E-state index in [0.717, 1.165) is 44.5 Å². The summed E-state index contributed by atoms with van der Waals surface area (Å²) in [5.74, 6) is 2.06. The van der Waals surface area contributed by atoms with Gasteiger partial charge in [-0.3, -0.25) is 9.78 Å². The third-order valence-electron chi connectivity index (χ3n) is 5.14. The molecule has 2 aliphatic rings. The highest BCUT2D eigenvalue weighted by Gasteiger charge is 2.30. The molecule has 1 saturated heterocycles. The molecule has 0 N–H and O–H groups in total. The summed E-state index contributed by atoms with van der Waals surface area (Å²) in [7, 11) is 0. The van der Waals surface area contributed by atoms with Gasteiger partial charge in [-0.05, 0) is 43.4 Å². The van der Waals surface area contributed by atoms with Gasteiger partial charge >= 0.3 is 0 Å². The van der Waals surface area contributed by atoms with Crippen molar-refractivity contribution in [2.45, 2.75) is 63.3 Å². The largest absolute Gasteiger partial charge is 0.339 e. The number of hydrogen-bond acceptors (Lipinski definition) is 5. The Balaban J connectivity index is 1.42. The molecule has 25 heavy (non-hydrogen) atoms. The van der Waals surface area contributed by atoms with Gasteiger partial charge in [-0.2, -0.15) is 4.98 Å². The van der Waals surface area contributed by atoms with E-state index in [2.05, 4.69) is 15.1 Å². The van der Waals surface area contributed by atoms with Gasteiger partial charge in [0.15, 0.2) is 5.82 Å². The average Bonchev–Trinajstić information content (AvgIpc) is 3.43. The third kappa shape index (κ3) is 3.89. The third-order valence-corrected chi connectivity index (χ3v) is 5.14. The standard InChI is InChI=1S/C19H24N4O2/c24-18(8-7-17-21-19(22-25-17)15-5-6-15)23-13-3-1-2-4-16(23)14-9-11-20-12-10-14/h9-12,15-16H,1-8,13H2/t16-/m1/s1. The van der Waals surface area contributed by atoms with Gasteiger partial charge in [0.25, 0.3) is 0 Å². The van der Waals surface area contributed by atoms with E-state index in [-0.39, 0.29) is 11.9 Å². The minimum absolute atomic E-state index is 0.155. The maximum atomic E-state index is 12.9. The van der Waals surface area contributed by atoms with Gasteiger partial charge in [0.1, 0.15) is 0 Å². The van der Waals surface area contributed by atoms with Crippen molar-refractivity contribution in [1.29, 1.82) is 0 Å². The van der Waals surface area contributed by atoms with Crippen molar-refractivity contribution >= 4 is 5.91 Å². The molecule has 6 nitrogen and oxygen atoms in total. The highest BCUT2D eigenvalue weighted by atomic mass is 16.5. The quantitative estimate of drug-likeness (QED) is 0.834. The number of rotatable bonds is 5. The van der Waals surface area contributed by atoms with Gasteiger partial charge in [-0.1, -0.05) is 18.0 Å². The predicted octanol–water partition coefficient (Wildman–Crippen LogP) is 3.42. The fourth-order valence-corrected chi connectivity index (χ4v) is 3.57. The van der Waals surface area contributed by atoms with E-state index in [1.807, 2.05) is 17.0 Å². The fourth-order valence-electron chi connectivity index (χ4n) is 3.57. The predicted molar refractivity (Wildman–Crippen MR) is 91.8 cm³/mol. The summed E-state index contributed by atoms with van der Waals surface area (Å²) in [6.07, 6.45) is 11.3. The van der Waals surface area contributed by atoms with Crippen LogP contribution in [0.3, 0.4) is 0 Å². The van der Waals surface area contributed by atoms with Crippen LogP contribution in [0.2, 0.25) is 0 Å². The Morgan fingerprint density at radius 2 is 2.00 bits per heavy atom. The molecule has 2 aromatic heterocycles. The van der Waals surface area contributed by atoms with Crippen molar-refractivity contribution in [2.24, 2.45) is 0 Å². The van der Waals surface area contributed by atoms with E-state index in [4.69, 9.17) is 4.52 Å². The number of likely N-dealkylation sites (tertiary alicyclic amines) is 1. The molecule has 0 spiro atoms. The van der Waals surface area contributed by atoms with E-state index in [9.17, 15) is 4.79 Å². The van der Waals surface area contributed by atoms with Crippen LogP contribution < -0.4 is 0 Å². The number of aromatic nitrogens is 3. The molecule has 2 aromatic rings. The molecule has 1 saturated carbocycles. The molecule has 3 heterocycles. The lowest BCUT2D eigenvalue weighted by Crippen LogP contribution is -2.35. The molecule has 1 amide bonds. The summed E-state index contributed by atoms with van der Waals surface area (Å²) in [5.41, 5.74) is 1.18. The molecule has 0 radical (unpaired) electrons. The lowest BCUT2D eigenvalue weighted by Gasteiger charge is -2.30. The Morgan fingerprint density at radius 3 is 2.80 bits per heavy atom. The van der Waals surface area contributed by atoms with Gasteiger partial charge in [0.05, 0.1) is 6.04 Å². The fraction of sp³-hybridized carbons (Fsp3) is 0.579. The second kappa shape index (κ2) is 7.33. The molecule has 1 aliphatic heterocycles. The Bertz CT molecular complexity index is 711. The first-order chi connectivity index (χ1) is 12.3. The molecule has 6 heteroatoms. The molecule has 0 bridgehead atoms. The van der Waals surface area contributed by atoms with Crippen LogP contribution >= 0.6 is 0 Å². The van der Waals surface area contributed by atoms with Crippen molar-refractivity contribution in [1.82, 2.24) is 20.0 Å². The van der Waals surface area contributed by atoms with Crippen molar-refractivity contribution < 1.29 is 9.32 Å². The van der Waals surface area contributed by atoms with Crippen LogP contribution in [0.5, 0.6) is 0 Å². The first-order valence-electron chi connectivity index (χ1n) is 9.33. The Labute approximate surface area is 147 Å². The minimum Gasteiger partial charge on any atom is -0.339 e. The van der Waals surface area contributed by atoms with Gasteiger partial charge in [-0.15, -0.1) is 0 Å². The van der Waals surface area contributed by atoms with E-state index >= 15 is 0 Å². The maximum Gasteiger partial charge on any atom is 0.227 e. The van der Waals surface area contributed by atoms with Crippen molar-refractivity contribution in [3.63, 3.8) is 0 Å². The zero-order valence-corrected chi connectivity index (χ0v) is 14.4. The van der Waals surface area contributed by atoms with Crippen molar-refractivity contribution in [3.05, 3.63) is 41.8 Å². The molecule has 2 fully saturated rings. The van der Waals surface area contributed by atoms with Crippen LogP contribution in [0.4, 0.5) is 0 Å². The lowest BCUT2D eigenvalue weighted by molar-refractivity contribution is -0.133. The SMILES string of the molecule is O=C(CCc1nc(C2CC2)no1)N1CCCCC[C@@H]1c1ccncc1. The first-order valence-corrected chi connectivity index (χ1v) is 9.33. The number of hydrogen-bond donors (Lipinski definition) is 0. The highest BCUT2D eigenvalue weighted by Crippen LogP contribution is 2.38. The Hall–Kier alpha value is -2.24. The number of nitrogens with zero attached hydrogens (tertiary/aromatic N) is 4. The molecule has 1 atom stereocenters. The number of carbonyl (C=O) groups is 1. The van der Waals surface area contributed by atoms with Crippen LogP contribution in [-0.4, -0.2) is 32.5 Å². The van der Waals surface area contributed by atoms with Gasteiger partial charge in [0, 0.05) is 37.7 Å². The highest BCUT2D eigenvalue weighted by molar-refractivity contribution is 5.77. The van der Waals surface area contributed by atoms with Crippen LogP contribution in [-0.2, 0) is 11.2 Å². The molecular formula is C19H24N4O2. The summed E-state index contributed by atoms with van der Waals surface area (Å²) in [6.45, 7) is 0.822. The lowest BCUT2D eigenvalue weighted by atomic mass is 10.0. The summed E-state index contributed by atoms with van der Waals surface area (Å²) < 4.78 is 5.30. The monoisotopic (exact) mass is 340 g/mol. The van der Waals surface area contributed by atoms with Crippen LogP contribution in [0.25, 0.3) is 0 Å². The summed E-state index contributed by atoms with van der Waals surface area (Å²) in [6, 6.07) is 4.20. The van der Waals surface area contributed by atoms with E-state index in [0.29, 0.717) is 24.7 Å². The van der Waals surface area contributed by atoms with Crippen LogP contribution in [0.15, 0.2) is 29.0 Å². The number of pyridine rings is 1. The maximum absolute atomic E-state index is 12.9. The zero-order valence-electron chi connectivity index (χ0n) is 14.4. The second-order valence-electron chi connectivity index (χ2n) is 7.05. The first kappa shape index (κ1) is 16.2. The van der Waals surface area contributed by atoms with Crippen LogP contribution in [0.1, 0.15) is 74.2 Å². The van der Waals surface area contributed by atoms with Crippen molar-refractivity contribution in [3.8, 4) is 0 Å². The summed E-state index contributed by atoms with van der Waals surface area (Å²) in [5, 5.41) is 4.03. The summed E-state index contributed by atoms with van der Waals surface area (Å²) in [4.78, 5) is 23.5. The van der Waals surface area contributed by atoms with Gasteiger partial charge < -0.3 is 9.42 Å². The van der Waals surface area contributed by atoms with E-state index in [1.165, 1.54) is 12.0 Å². The van der Waals surface area contributed by atoms with Gasteiger partial charge in [0.2, 0.25) is 11.8 Å². The van der Waals surface area contributed by atoms with E-state index < -0.39 is 0 Å². The topological polar surface area (TPSA) is 72.1 Å². The number of carbonyl (C=O) groups excluding carboxylic acids is 1. The number of aryl methyl sites for hydroxylation is 1. The molecule has 4 rings (SSSR count). The Morgan fingerprint density at radius 1 is 1.16 bits per heavy atom. The number of amides is 1. The molecule has 0 unspecified atom stereocenters.